The summed E-state index contributed by atoms with van der Waals surface area (Å²) in [4.78, 5) is 0. The van der Waals surface area contributed by atoms with Crippen LogP contribution in [0.5, 0.6) is 0 Å². The maximum absolute atomic E-state index is 10.1. The van der Waals surface area contributed by atoms with Gasteiger partial charge < -0.3 is 9.84 Å². The first kappa shape index (κ1) is 15.5. The molecule has 2 rings (SSSR count). The van der Waals surface area contributed by atoms with E-state index in [0.717, 1.165) is 24.5 Å². The van der Waals surface area contributed by atoms with Gasteiger partial charge >= 0.3 is 0 Å². The fourth-order valence-corrected chi connectivity index (χ4v) is 2.97. The number of ether oxygens (including phenoxy) is 1. The fraction of sp³-hybridized carbons (Fsp3) is 0.667. The molecule has 0 spiro atoms. The molecule has 1 aliphatic carbocycles. The number of hydrogen-bond acceptors (Lipinski definition) is 2. The van der Waals surface area contributed by atoms with E-state index >= 15 is 0 Å². The van der Waals surface area contributed by atoms with Crippen molar-refractivity contribution in [3.8, 4) is 0 Å². The maximum atomic E-state index is 10.1. The zero-order chi connectivity index (χ0) is 14.4. The molecule has 112 valence electrons. The highest BCUT2D eigenvalue weighted by atomic mass is 16.5. The molecule has 0 aliphatic heterocycles. The quantitative estimate of drug-likeness (QED) is 0.811. The summed E-state index contributed by atoms with van der Waals surface area (Å²) in [6.07, 6.45) is 5.86. The second-order valence-corrected chi connectivity index (χ2v) is 6.54. The Kier molecular flexibility index (Phi) is 6.06. The first-order valence-corrected chi connectivity index (χ1v) is 8.00. The number of hydrogen-bond donors (Lipinski definition) is 1. The van der Waals surface area contributed by atoms with Gasteiger partial charge in [-0.1, -0.05) is 51.0 Å². The molecule has 0 aromatic heterocycles. The zero-order valence-electron chi connectivity index (χ0n) is 12.8. The Morgan fingerprint density at radius 2 is 1.80 bits per heavy atom. The molecule has 1 fully saturated rings. The second kappa shape index (κ2) is 7.80. The Bertz CT molecular complexity index is 377. The van der Waals surface area contributed by atoms with Crippen LogP contribution < -0.4 is 0 Å². The van der Waals surface area contributed by atoms with Crippen LogP contribution in [0.2, 0.25) is 0 Å². The van der Waals surface area contributed by atoms with Crippen LogP contribution in [0.15, 0.2) is 24.3 Å². The monoisotopic (exact) mass is 276 g/mol. The van der Waals surface area contributed by atoms with Crippen LogP contribution in [0.4, 0.5) is 0 Å². The van der Waals surface area contributed by atoms with Crippen molar-refractivity contribution in [3.05, 3.63) is 35.4 Å². The van der Waals surface area contributed by atoms with Crippen molar-refractivity contribution >= 4 is 0 Å². The number of aliphatic hydroxyl groups excluding tert-OH is 1. The molecule has 20 heavy (non-hydrogen) atoms. The molecular weight excluding hydrogens is 248 g/mol. The SMILES string of the molecule is CC(C)Cc1ccc(C(O)COCC2CCCC2)cc1. The largest absolute Gasteiger partial charge is 0.386 e. The third-order valence-corrected chi connectivity index (χ3v) is 4.11. The van der Waals surface area contributed by atoms with E-state index < -0.39 is 6.10 Å². The van der Waals surface area contributed by atoms with Crippen molar-refractivity contribution in [1.29, 1.82) is 0 Å². The molecule has 2 nitrogen and oxygen atoms in total. The van der Waals surface area contributed by atoms with Gasteiger partial charge in [0, 0.05) is 6.61 Å². The minimum atomic E-state index is -0.496. The molecule has 1 aromatic carbocycles. The first-order chi connectivity index (χ1) is 9.65. The molecule has 1 aromatic rings. The summed E-state index contributed by atoms with van der Waals surface area (Å²) < 4.78 is 5.68. The highest BCUT2D eigenvalue weighted by molar-refractivity contribution is 5.24. The van der Waals surface area contributed by atoms with Gasteiger partial charge in [0.25, 0.3) is 0 Å². The third-order valence-electron chi connectivity index (χ3n) is 4.11. The Morgan fingerprint density at radius 1 is 1.15 bits per heavy atom. The van der Waals surface area contributed by atoms with E-state index in [1.54, 1.807) is 0 Å². The Morgan fingerprint density at radius 3 is 2.40 bits per heavy atom. The van der Waals surface area contributed by atoms with E-state index in [1.807, 2.05) is 12.1 Å². The molecule has 1 unspecified atom stereocenters. The fourth-order valence-electron chi connectivity index (χ4n) is 2.97. The highest BCUT2D eigenvalue weighted by Crippen LogP contribution is 2.25. The van der Waals surface area contributed by atoms with E-state index in [2.05, 4.69) is 26.0 Å². The van der Waals surface area contributed by atoms with Crippen LogP contribution in [0.1, 0.15) is 56.8 Å². The highest BCUT2D eigenvalue weighted by Gasteiger charge is 2.16. The van der Waals surface area contributed by atoms with Crippen molar-refractivity contribution in [2.45, 2.75) is 52.1 Å². The molecule has 0 radical (unpaired) electrons. The van der Waals surface area contributed by atoms with Crippen LogP contribution in [-0.2, 0) is 11.2 Å². The number of benzene rings is 1. The van der Waals surface area contributed by atoms with Crippen molar-refractivity contribution in [1.82, 2.24) is 0 Å². The molecule has 0 amide bonds. The van der Waals surface area contributed by atoms with Crippen molar-refractivity contribution in [2.75, 3.05) is 13.2 Å². The minimum absolute atomic E-state index is 0.417. The lowest BCUT2D eigenvalue weighted by atomic mass is 10.0. The molecule has 1 N–H and O–H groups in total. The number of aliphatic hydroxyl groups is 1. The molecule has 1 saturated carbocycles. The molecule has 1 atom stereocenters. The topological polar surface area (TPSA) is 29.5 Å². The van der Waals surface area contributed by atoms with Crippen LogP contribution in [-0.4, -0.2) is 18.3 Å². The average molecular weight is 276 g/mol. The van der Waals surface area contributed by atoms with Gasteiger partial charge in [0.05, 0.1) is 6.61 Å². The predicted octanol–water partition coefficient (Wildman–Crippen LogP) is 4.13. The van der Waals surface area contributed by atoms with E-state index in [-0.39, 0.29) is 0 Å². The van der Waals surface area contributed by atoms with E-state index in [0.29, 0.717) is 12.5 Å². The van der Waals surface area contributed by atoms with Gasteiger partial charge in [0.15, 0.2) is 0 Å². The van der Waals surface area contributed by atoms with Crippen molar-refractivity contribution < 1.29 is 9.84 Å². The van der Waals surface area contributed by atoms with E-state index in [9.17, 15) is 5.11 Å². The molecule has 1 aliphatic rings. The lowest BCUT2D eigenvalue weighted by molar-refractivity contribution is 0.0212. The summed E-state index contributed by atoms with van der Waals surface area (Å²) in [7, 11) is 0. The maximum Gasteiger partial charge on any atom is 0.102 e. The Hall–Kier alpha value is -0.860. The normalized spacial score (nSPS) is 17.8. The van der Waals surface area contributed by atoms with Crippen LogP contribution in [0.25, 0.3) is 0 Å². The lowest BCUT2D eigenvalue weighted by Crippen LogP contribution is -2.12. The molecule has 2 heteroatoms. The summed E-state index contributed by atoms with van der Waals surface area (Å²) in [5.41, 5.74) is 2.30. The van der Waals surface area contributed by atoms with Gasteiger partial charge in [-0.3, -0.25) is 0 Å². The van der Waals surface area contributed by atoms with Gasteiger partial charge in [0.2, 0.25) is 0 Å². The average Bonchev–Trinajstić information content (AvgIpc) is 2.92. The van der Waals surface area contributed by atoms with E-state index in [4.69, 9.17) is 4.74 Å². The van der Waals surface area contributed by atoms with Crippen LogP contribution in [0, 0.1) is 11.8 Å². The Labute approximate surface area is 123 Å². The third kappa shape index (κ3) is 4.92. The number of rotatable bonds is 7. The van der Waals surface area contributed by atoms with Gasteiger partial charge in [-0.2, -0.15) is 0 Å². The summed E-state index contributed by atoms with van der Waals surface area (Å²) >= 11 is 0. The summed E-state index contributed by atoms with van der Waals surface area (Å²) in [5.74, 6) is 1.39. The molecular formula is C18H28O2. The zero-order valence-corrected chi connectivity index (χ0v) is 12.8. The Balaban J connectivity index is 1.75. The summed E-state index contributed by atoms with van der Waals surface area (Å²) in [5, 5.41) is 10.1. The van der Waals surface area contributed by atoms with Gasteiger partial charge in [-0.15, -0.1) is 0 Å². The lowest BCUT2D eigenvalue weighted by Gasteiger charge is -2.15. The minimum Gasteiger partial charge on any atom is -0.386 e. The van der Waals surface area contributed by atoms with Gasteiger partial charge in [0.1, 0.15) is 6.10 Å². The first-order valence-electron chi connectivity index (χ1n) is 8.00. The second-order valence-electron chi connectivity index (χ2n) is 6.54. The summed E-state index contributed by atoms with van der Waals surface area (Å²) in [6.45, 7) is 5.67. The van der Waals surface area contributed by atoms with Crippen molar-refractivity contribution in [2.24, 2.45) is 11.8 Å². The molecule has 0 saturated heterocycles. The standard InChI is InChI=1S/C18H28O2/c1-14(2)11-15-7-9-17(10-8-15)18(19)13-20-12-16-5-3-4-6-16/h7-10,14,16,18-19H,3-6,11-13H2,1-2H3. The van der Waals surface area contributed by atoms with Gasteiger partial charge in [-0.05, 0) is 42.2 Å². The van der Waals surface area contributed by atoms with Crippen LogP contribution in [0.3, 0.4) is 0 Å². The van der Waals surface area contributed by atoms with Gasteiger partial charge in [-0.25, -0.2) is 0 Å². The van der Waals surface area contributed by atoms with Crippen molar-refractivity contribution in [3.63, 3.8) is 0 Å². The summed E-state index contributed by atoms with van der Waals surface area (Å²) in [6, 6.07) is 8.30. The predicted molar refractivity (Wildman–Crippen MR) is 82.7 cm³/mol. The smallest absolute Gasteiger partial charge is 0.102 e. The molecule has 0 heterocycles. The van der Waals surface area contributed by atoms with Crippen LogP contribution >= 0.6 is 0 Å². The molecule has 0 bridgehead atoms. The van der Waals surface area contributed by atoms with E-state index in [1.165, 1.54) is 31.2 Å².